The van der Waals surface area contributed by atoms with Crippen molar-refractivity contribution in [1.29, 1.82) is 0 Å². The third kappa shape index (κ3) is 3.31. The first kappa shape index (κ1) is 12.1. The Kier molecular flexibility index (Phi) is 4.17. The van der Waals surface area contributed by atoms with Crippen LogP contribution in [-0.4, -0.2) is 22.7 Å². The van der Waals surface area contributed by atoms with Gasteiger partial charge in [0.25, 0.3) is 0 Å². The topological polar surface area (TPSA) is 83.2 Å². The van der Waals surface area contributed by atoms with Gasteiger partial charge < -0.3 is 15.8 Å². The number of aliphatic hydroxyl groups excluding tert-OH is 1. The SMILES string of the molecule is NNc1cc(NCC2CCCCC2O)ccn1. The van der Waals surface area contributed by atoms with E-state index in [1.165, 1.54) is 6.42 Å². The Balaban J connectivity index is 1.88. The molecule has 0 bridgehead atoms. The maximum Gasteiger partial charge on any atom is 0.141 e. The van der Waals surface area contributed by atoms with Gasteiger partial charge in [-0.1, -0.05) is 12.8 Å². The normalized spacial score (nSPS) is 24.4. The molecule has 0 saturated heterocycles. The Labute approximate surface area is 101 Å². The van der Waals surface area contributed by atoms with E-state index in [4.69, 9.17) is 5.84 Å². The number of nitrogen functional groups attached to an aromatic ring is 1. The minimum atomic E-state index is -0.162. The highest BCUT2D eigenvalue weighted by Gasteiger charge is 2.22. The molecule has 2 unspecified atom stereocenters. The number of nitrogens with zero attached hydrogens (tertiary/aromatic N) is 1. The zero-order valence-corrected chi connectivity index (χ0v) is 9.89. The van der Waals surface area contributed by atoms with Crippen LogP contribution < -0.4 is 16.6 Å². The summed E-state index contributed by atoms with van der Waals surface area (Å²) in [6, 6.07) is 3.76. The number of hydrogen-bond acceptors (Lipinski definition) is 5. The average Bonchev–Trinajstić information content (AvgIpc) is 2.38. The Morgan fingerprint density at radius 2 is 2.24 bits per heavy atom. The fraction of sp³-hybridized carbons (Fsp3) is 0.583. The number of hydrogen-bond donors (Lipinski definition) is 4. The van der Waals surface area contributed by atoms with E-state index >= 15 is 0 Å². The van der Waals surface area contributed by atoms with Gasteiger partial charge in [0.05, 0.1) is 6.10 Å². The summed E-state index contributed by atoms with van der Waals surface area (Å²) in [5.74, 6) is 6.29. The largest absolute Gasteiger partial charge is 0.393 e. The van der Waals surface area contributed by atoms with Crippen molar-refractivity contribution in [3.63, 3.8) is 0 Å². The molecule has 17 heavy (non-hydrogen) atoms. The number of nitrogens with one attached hydrogen (secondary N) is 2. The molecule has 5 N–H and O–H groups in total. The molecule has 1 aliphatic carbocycles. The lowest BCUT2D eigenvalue weighted by Crippen LogP contribution is -2.30. The minimum absolute atomic E-state index is 0.162. The summed E-state index contributed by atoms with van der Waals surface area (Å²) in [6.07, 6.45) is 5.93. The Morgan fingerprint density at radius 3 is 3.00 bits per heavy atom. The van der Waals surface area contributed by atoms with Gasteiger partial charge in [0, 0.05) is 30.4 Å². The average molecular weight is 236 g/mol. The van der Waals surface area contributed by atoms with E-state index in [2.05, 4.69) is 15.7 Å². The van der Waals surface area contributed by atoms with Crippen molar-refractivity contribution < 1.29 is 5.11 Å². The maximum atomic E-state index is 9.86. The molecule has 1 aliphatic rings. The number of anilines is 2. The van der Waals surface area contributed by atoms with Gasteiger partial charge in [0.2, 0.25) is 0 Å². The number of aromatic nitrogens is 1. The molecule has 0 radical (unpaired) electrons. The lowest BCUT2D eigenvalue weighted by molar-refractivity contribution is 0.0763. The van der Waals surface area contributed by atoms with E-state index in [1.54, 1.807) is 6.20 Å². The highest BCUT2D eigenvalue weighted by molar-refractivity contribution is 5.51. The van der Waals surface area contributed by atoms with Crippen LogP contribution in [0.3, 0.4) is 0 Å². The number of nitrogens with two attached hydrogens (primary N) is 1. The third-order valence-corrected chi connectivity index (χ3v) is 3.35. The summed E-state index contributed by atoms with van der Waals surface area (Å²) in [7, 11) is 0. The molecule has 5 nitrogen and oxygen atoms in total. The second kappa shape index (κ2) is 5.84. The second-order valence-corrected chi connectivity index (χ2v) is 4.57. The van der Waals surface area contributed by atoms with E-state index in [1.807, 2.05) is 12.1 Å². The molecule has 0 aliphatic heterocycles. The van der Waals surface area contributed by atoms with Crippen LogP contribution in [0.4, 0.5) is 11.5 Å². The van der Waals surface area contributed by atoms with Gasteiger partial charge in [0.1, 0.15) is 5.82 Å². The molecular weight excluding hydrogens is 216 g/mol. The Morgan fingerprint density at radius 1 is 1.41 bits per heavy atom. The summed E-state index contributed by atoms with van der Waals surface area (Å²) < 4.78 is 0. The van der Waals surface area contributed by atoms with Gasteiger partial charge in [-0.15, -0.1) is 0 Å². The zero-order chi connectivity index (χ0) is 12.1. The molecule has 94 valence electrons. The van der Waals surface area contributed by atoms with E-state index < -0.39 is 0 Å². The van der Waals surface area contributed by atoms with Crippen molar-refractivity contribution in [2.75, 3.05) is 17.3 Å². The van der Waals surface area contributed by atoms with Crippen LogP contribution in [-0.2, 0) is 0 Å². The fourth-order valence-electron chi connectivity index (χ4n) is 2.29. The summed E-state index contributed by atoms with van der Waals surface area (Å²) in [6.45, 7) is 0.801. The van der Waals surface area contributed by atoms with Crippen molar-refractivity contribution in [3.8, 4) is 0 Å². The van der Waals surface area contributed by atoms with Crippen molar-refractivity contribution >= 4 is 11.5 Å². The number of pyridine rings is 1. The lowest BCUT2D eigenvalue weighted by atomic mass is 9.86. The lowest BCUT2D eigenvalue weighted by Gasteiger charge is -2.28. The summed E-state index contributed by atoms with van der Waals surface area (Å²) in [5.41, 5.74) is 3.49. The van der Waals surface area contributed by atoms with Crippen molar-refractivity contribution in [3.05, 3.63) is 18.3 Å². The fourth-order valence-corrected chi connectivity index (χ4v) is 2.29. The number of hydrazine groups is 1. The summed E-state index contributed by atoms with van der Waals surface area (Å²) >= 11 is 0. The molecule has 1 heterocycles. The quantitative estimate of drug-likeness (QED) is 0.468. The van der Waals surface area contributed by atoms with Gasteiger partial charge in [-0.2, -0.15) is 0 Å². The van der Waals surface area contributed by atoms with Crippen LogP contribution in [0.5, 0.6) is 0 Å². The van der Waals surface area contributed by atoms with E-state index in [9.17, 15) is 5.11 Å². The van der Waals surface area contributed by atoms with Crippen molar-refractivity contribution in [2.24, 2.45) is 11.8 Å². The maximum absolute atomic E-state index is 9.86. The van der Waals surface area contributed by atoms with Crippen LogP contribution >= 0.6 is 0 Å². The van der Waals surface area contributed by atoms with Gasteiger partial charge in [-0.25, -0.2) is 10.8 Å². The van der Waals surface area contributed by atoms with Crippen LogP contribution in [0, 0.1) is 5.92 Å². The van der Waals surface area contributed by atoms with E-state index in [0.717, 1.165) is 31.5 Å². The molecule has 1 saturated carbocycles. The van der Waals surface area contributed by atoms with Crippen LogP contribution in [0.2, 0.25) is 0 Å². The molecule has 1 aromatic heterocycles. The van der Waals surface area contributed by atoms with E-state index in [-0.39, 0.29) is 6.10 Å². The van der Waals surface area contributed by atoms with Gasteiger partial charge in [-0.05, 0) is 18.9 Å². The predicted octanol–water partition coefficient (Wildman–Crippen LogP) is 1.33. The zero-order valence-electron chi connectivity index (χ0n) is 9.89. The van der Waals surface area contributed by atoms with E-state index in [0.29, 0.717) is 11.7 Å². The number of rotatable bonds is 4. The summed E-state index contributed by atoms with van der Waals surface area (Å²) in [5, 5.41) is 13.2. The predicted molar refractivity (Wildman–Crippen MR) is 68.5 cm³/mol. The minimum Gasteiger partial charge on any atom is -0.393 e. The molecule has 2 rings (SSSR count). The molecule has 2 atom stereocenters. The Bertz CT molecular complexity index is 358. The van der Waals surface area contributed by atoms with Crippen molar-refractivity contribution in [2.45, 2.75) is 31.8 Å². The first-order valence-electron chi connectivity index (χ1n) is 6.14. The highest BCUT2D eigenvalue weighted by atomic mass is 16.3. The van der Waals surface area contributed by atoms with Gasteiger partial charge in [0.15, 0.2) is 0 Å². The molecule has 0 spiro atoms. The third-order valence-electron chi connectivity index (χ3n) is 3.35. The van der Waals surface area contributed by atoms with Crippen LogP contribution in [0.25, 0.3) is 0 Å². The molecule has 1 fully saturated rings. The monoisotopic (exact) mass is 236 g/mol. The van der Waals surface area contributed by atoms with Gasteiger partial charge >= 0.3 is 0 Å². The highest BCUT2D eigenvalue weighted by Crippen LogP contribution is 2.24. The molecular formula is C12H20N4O. The number of aliphatic hydroxyl groups is 1. The van der Waals surface area contributed by atoms with Crippen LogP contribution in [0.15, 0.2) is 18.3 Å². The second-order valence-electron chi connectivity index (χ2n) is 4.57. The van der Waals surface area contributed by atoms with Crippen molar-refractivity contribution in [1.82, 2.24) is 4.98 Å². The van der Waals surface area contributed by atoms with Gasteiger partial charge in [-0.3, -0.25) is 0 Å². The molecule has 1 aromatic rings. The molecule has 5 heteroatoms. The summed E-state index contributed by atoms with van der Waals surface area (Å²) in [4.78, 5) is 4.04. The smallest absolute Gasteiger partial charge is 0.141 e. The Hall–Kier alpha value is -1.33. The first-order valence-corrected chi connectivity index (χ1v) is 6.14. The molecule has 0 aromatic carbocycles. The standard InChI is InChI=1S/C12H20N4O/c13-16-12-7-10(5-6-14-12)15-8-9-3-1-2-4-11(9)17/h5-7,9,11,17H,1-4,8,13H2,(H2,14,15,16). The first-order chi connectivity index (χ1) is 8.29. The molecule has 0 amide bonds. The van der Waals surface area contributed by atoms with Crippen LogP contribution in [0.1, 0.15) is 25.7 Å².